The number of nitrogens with zero attached hydrogens (tertiary/aromatic N) is 3. The summed E-state index contributed by atoms with van der Waals surface area (Å²) < 4.78 is 5.29. The molecule has 2 aliphatic heterocycles. The molecule has 0 saturated carbocycles. The lowest BCUT2D eigenvalue weighted by atomic mass is 10.1. The van der Waals surface area contributed by atoms with Crippen molar-refractivity contribution in [3.8, 4) is 0 Å². The Morgan fingerprint density at radius 2 is 2.18 bits per heavy atom. The molecule has 17 heavy (non-hydrogen) atoms. The van der Waals surface area contributed by atoms with E-state index in [1.807, 2.05) is 0 Å². The van der Waals surface area contributed by atoms with Crippen LogP contribution in [0.1, 0.15) is 6.42 Å². The molecule has 0 amide bonds. The molecule has 0 aromatic carbocycles. The topological polar surface area (TPSA) is 54.1 Å². The second-order valence-electron chi connectivity index (χ2n) is 4.65. The maximum Gasteiger partial charge on any atom is 0.191 e. The normalized spacial score (nSPS) is 23.7. The van der Waals surface area contributed by atoms with Crippen LogP contribution in [0.15, 0.2) is 16.6 Å². The summed E-state index contributed by atoms with van der Waals surface area (Å²) in [5.41, 5.74) is 7.38. The van der Waals surface area contributed by atoms with Gasteiger partial charge >= 0.3 is 0 Å². The fourth-order valence-corrected chi connectivity index (χ4v) is 2.03. The number of nitrogens with two attached hydrogens (primary N) is 1. The Labute approximate surface area is 103 Å². The highest BCUT2D eigenvalue weighted by molar-refractivity contribution is 5.78. The Morgan fingerprint density at radius 3 is 2.82 bits per heavy atom. The van der Waals surface area contributed by atoms with Gasteiger partial charge in [0.05, 0.1) is 19.8 Å². The molecule has 2 aliphatic rings. The highest BCUT2D eigenvalue weighted by Gasteiger charge is 2.12. The minimum absolute atomic E-state index is 0.660. The van der Waals surface area contributed by atoms with Crippen LogP contribution in [-0.4, -0.2) is 68.7 Å². The predicted octanol–water partition coefficient (Wildman–Crippen LogP) is -0.105. The van der Waals surface area contributed by atoms with Gasteiger partial charge in [-0.1, -0.05) is 11.6 Å². The first-order valence-electron chi connectivity index (χ1n) is 6.25. The van der Waals surface area contributed by atoms with E-state index in [0.29, 0.717) is 5.96 Å². The molecular weight excluding hydrogens is 216 g/mol. The molecule has 5 nitrogen and oxygen atoms in total. The molecule has 0 aromatic heterocycles. The zero-order valence-electron chi connectivity index (χ0n) is 10.6. The minimum atomic E-state index is 0.660. The van der Waals surface area contributed by atoms with Crippen LogP contribution in [0.3, 0.4) is 0 Å². The number of hydrogen-bond donors (Lipinski definition) is 1. The summed E-state index contributed by atoms with van der Waals surface area (Å²) in [5, 5.41) is 0. The molecular formula is C12H22N4O. The number of likely N-dealkylation sites (N-methyl/N-ethyl adjacent to an activating group) is 1. The maximum absolute atomic E-state index is 5.98. The van der Waals surface area contributed by atoms with Gasteiger partial charge in [-0.2, -0.15) is 0 Å². The second-order valence-corrected chi connectivity index (χ2v) is 4.65. The van der Waals surface area contributed by atoms with Crippen molar-refractivity contribution in [2.75, 3.05) is 53.0 Å². The third-order valence-electron chi connectivity index (χ3n) is 3.29. The SMILES string of the molecule is CN1CC=C(CN=C(N)N2CCOCC2)CC1. The summed E-state index contributed by atoms with van der Waals surface area (Å²) in [4.78, 5) is 8.87. The smallest absolute Gasteiger partial charge is 0.191 e. The molecule has 0 radical (unpaired) electrons. The van der Waals surface area contributed by atoms with Crippen LogP contribution < -0.4 is 5.73 Å². The highest BCUT2D eigenvalue weighted by atomic mass is 16.5. The zero-order chi connectivity index (χ0) is 12.1. The number of guanidine groups is 1. The largest absolute Gasteiger partial charge is 0.378 e. The van der Waals surface area contributed by atoms with Crippen molar-refractivity contribution < 1.29 is 4.74 Å². The standard InChI is InChI=1S/C12H22N4O/c1-15-4-2-11(3-5-15)10-14-12(13)16-6-8-17-9-7-16/h2H,3-10H2,1H3,(H2,13,14). The van der Waals surface area contributed by atoms with E-state index < -0.39 is 0 Å². The van der Waals surface area contributed by atoms with E-state index in [1.54, 1.807) is 0 Å². The second kappa shape index (κ2) is 6.02. The number of ether oxygens (including phenoxy) is 1. The number of morpholine rings is 1. The maximum atomic E-state index is 5.98. The summed E-state index contributed by atoms with van der Waals surface area (Å²) >= 11 is 0. The van der Waals surface area contributed by atoms with Gasteiger partial charge in [-0.15, -0.1) is 0 Å². The van der Waals surface area contributed by atoms with Gasteiger partial charge in [-0.25, -0.2) is 4.99 Å². The van der Waals surface area contributed by atoms with Crippen LogP contribution in [0, 0.1) is 0 Å². The van der Waals surface area contributed by atoms with Crippen molar-refractivity contribution in [2.24, 2.45) is 10.7 Å². The highest BCUT2D eigenvalue weighted by Crippen LogP contribution is 2.09. The fourth-order valence-electron chi connectivity index (χ4n) is 2.03. The molecule has 2 rings (SSSR count). The van der Waals surface area contributed by atoms with Gasteiger partial charge < -0.3 is 20.3 Å². The van der Waals surface area contributed by atoms with Crippen molar-refractivity contribution in [3.63, 3.8) is 0 Å². The molecule has 5 heteroatoms. The van der Waals surface area contributed by atoms with Crippen LogP contribution in [0.2, 0.25) is 0 Å². The van der Waals surface area contributed by atoms with Gasteiger partial charge in [0.1, 0.15) is 0 Å². The Balaban J connectivity index is 1.82. The summed E-state index contributed by atoms with van der Waals surface area (Å²) in [6, 6.07) is 0. The number of rotatable bonds is 2. The average molecular weight is 238 g/mol. The third-order valence-corrected chi connectivity index (χ3v) is 3.29. The van der Waals surface area contributed by atoms with Crippen molar-refractivity contribution >= 4 is 5.96 Å². The van der Waals surface area contributed by atoms with Gasteiger partial charge in [0.15, 0.2) is 5.96 Å². The Hall–Kier alpha value is -1.07. The lowest BCUT2D eigenvalue weighted by Gasteiger charge is -2.28. The van der Waals surface area contributed by atoms with E-state index >= 15 is 0 Å². The number of hydrogen-bond acceptors (Lipinski definition) is 3. The first-order valence-corrected chi connectivity index (χ1v) is 6.25. The van der Waals surface area contributed by atoms with Gasteiger partial charge in [-0.05, 0) is 13.5 Å². The Morgan fingerprint density at radius 1 is 1.41 bits per heavy atom. The average Bonchev–Trinajstić information content (AvgIpc) is 2.39. The fraction of sp³-hybridized carbons (Fsp3) is 0.750. The molecule has 0 aromatic rings. The van der Waals surface area contributed by atoms with Crippen LogP contribution in [0.4, 0.5) is 0 Å². The minimum Gasteiger partial charge on any atom is -0.378 e. The number of aliphatic imine (C=N–C) groups is 1. The van der Waals surface area contributed by atoms with Gasteiger partial charge in [-0.3, -0.25) is 0 Å². The van der Waals surface area contributed by atoms with Gasteiger partial charge in [0, 0.05) is 26.2 Å². The summed E-state index contributed by atoms with van der Waals surface area (Å²) in [7, 11) is 2.14. The third kappa shape index (κ3) is 3.71. The lowest BCUT2D eigenvalue weighted by Crippen LogP contribution is -2.44. The van der Waals surface area contributed by atoms with E-state index in [2.05, 4.69) is 27.9 Å². The molecule has 2 heterocycles. The molecule has 1 saturated heterocycles. The Kier molecular flexibility index (Phi) is 4.39. The molecule has 0 atom stereocenters. The summed E-state index contributed by atoms with van der Waals surface area (Å²) in [6.07, 6.45) is 3.37. The van der Waals surface area contributed by atoms with E-state index in [-0.39, 0.29) is 0 Å². The summed E-state index contributed by atoms with van der Waals surface area (Å²) in [6.45, 7) is 6.12. The van der Waals surface area contributed by atoms with E-state index in [9.17, 15) is 0 Å². The van der Waals surface area contributed by atoms with Gasteiger partial charge in [0.2, 0.25) is 0 Å². The van der Waals surface area contributed by atoms with Crippen molar-refractivity contribution in [2.45, 2.75) is 6.42 Å². The first-order chi connectivity index (χ1) is 8.25. The molecule has 2 N–H and O–H groups in total. The lowest BCUT2D eigenvalue weighted by molar-refractivity contribution is 0.0674. The van der Waals surface area contributed by atoms with E-state index in [0.717, 1.165) is 52.4 Å². The first kappa shape index (κ1) is 12.4. The molecule has 1 fully saturated rings. The van der Waals surface area contributed by atoms with Crippen molar-refractivity contribution in [3.05, 3.63) is 11.6 Å². The molecule has 0 bridgehead atoms. The predicted molar refractivity (Wildman–Crippen MR) is 69.1 cm³/mol. The van der Waals surface area contributed by atoms with E-state index in [4.69, 9.17) is 10.5 Å². The molecule has 0 unspecified atom stereocenters. The van der Waals surface area contributed by atoms with Crippen LogP contribution in [0.5, 0.6) is 0 Å². The quantitative estimate of drug-likeness (QED) is 0.414. The molecule has 0 spiro atoms. The summed E-state index contributed by atoms with van der Waals surface area (Å²) in [5.74, 6) is 0.660. The van der Waals surface area contributed by atoms with Crippen LogP contribution in [-0.2, 0) is 4.74 Å². The Bertz CT molecular complexity index is 308. The van der Waals surface area contributed by atoms with Gasteiger partial charge in [0.25, 0.3) is 0 Å². The van der Waals surface area contributed by atoms with Crippen molar-refractivity contribution in [1.82, 2.24) is 9.80 Å². The van der Waals surface area contributed by atoms with Crippen LogP contribution in [0.25, 0.3) is 0 Å². The van der Waals surface area contributed by atoms with Crippen molar-refractivity contribution in [1.29, 1.82) is 0 Å². The molecule has 96 valence electrons. The zero-order valence-corrected chi connectivity index (χ0v) is 10.6. The van der Waals surface area contributed by atoms with Crippen LogP contribution >= 0.6 is 0 Å². The monoisotopic (exact) mass is 238 g/mol. The molecule has 0 aliphatic carbocycles. The van der Waals surface area contributed by atoms with E-state index in [1.165, 1.54) is 5.57 Å².